The van der Waals surface area contributed by atoms with Gasteiger partial charge < -0.3 is 15.2 Å². The number of hydrogen-bond acceptors (Lipinski definition) is 4. The molecule has 1 fully saturated rings. The smallest absolute Gasteiger partial charge is 0.430 e. The van der Waals surface area contributed by atoms with Crippen LogP contribution in [0, 0.1) is 11.8 Å². The van der Waals surface area contributed by atoms with E-state index < -0.39 is 18.1 Å². The van der Waals surface area contributed by atoms with Gasteiger partial charge >= 0.3 is 12.2 Å². The second-order valence-corrected chi connectivity index (χ2v) is 7.79. The first-order valence-electron chi connectivity index (χ1n) is 10.5. The lowest BCUT2D eigenvalue weighted by atomic mass is 9.92. The summed E-state index contributed by atoms with van der Waals surface area (Å²) in [5.41, 5.74) is 0.878. The highest BCUT2D eigenvalue weighted by molar-refractivity contribution is 5.82. The lowest BCUT2D eigenvalue weighted by Crippen LogP contribution is -2.52. The van der Waals surface area contributed by atoms with Crippen LogP contribution in [0.1, 0.15) is 44.1 Å². The Morgan fingerprint density at radius 1 is 1.17 bits per heavy atom. The van der Waals surface area contributed by atoms with Crippen LogP contribution >= 0.6 is 0 Å². The van der Waals surface area contributed by atoms with Crippen molar-refractivity contribution in [1.82, 2.24) is 15.3 Å². The van der Waals surface area contributed by atoms with Crippen LogP contribution in [0.3, 0.4) is 0 Å². The topological polar surface area (TPSA) is 99.2 Å². The van der Waals surface area contributed by atoms with Crippen LogP contribution in [0.4, 0.5) is 9.59 Å². The highest BCUT2D eigenvalue weighted by Crippen LogP contribution is 2.31. The molecule has 162 valence electrons. The molecule has 2 N–H and O–H groups in total. The highest BCUT2D eigenvalue weighted by Gasteiger charge is 2.33. The number of nitrogens with one attached hydrogen (secondary N) is 1. The van der Waals surface area contributed by atoms with Gasteiger partial charge in [-0.1, -0.05) is 62.1 Å². The predicted molar refractivity (Wildman–Crippen MR) is 110 cm³/mol. The fraction of sp³-hybridized carbons (Fsp3) is 0.500. The summed E-state index contributed by atoms with van der Waals surface area (Å²) >= 11 is 0. The van der Waals surface area contributed by atoms with Crippen molar-refractivity contribution in [3.8, 4) is 0 Å². The number of nitrogens with zero attached hydrogens (tertiary/aromatic N) is 2. The SMILES string of the molecule is O=C(NCC(CC1CCCC1)C(=O)N1CCC=CN1C(=O)O)OCc1ccccc1. The summed E-state index contributed by atoms with van der Waals surface area (Å²) in [5.74, 6) is -0.359. The molecule has 1 aliphatic carbocycles. The van der Waals surface area contributed by atoms with Crippen LogP contribution in [-0.4, -0.2) is 46.3 Å². The van der Waals surface area contributed by atoms with E-state index in [1.807, 2.05) is 30.3 Å². The molecule has 0 bridgehead atoms. The van der Waals surface area contributed by atoms with Crippen LogP contribution < -0.4 is 5.32 Å². The molecule has 1 aromatic carbocycles. The minimum atomic E-state index is -1.20. The zero-order valence-corrected chi connectivity index (χ0v) is 17.0. The minimum Gasteiger partial charge on any atom is -0.463 e. The molecule has 1 heterocycles. The van der Waals surface area contributed by atoms with Crippen molar-refractivity contribution in [3.05, 3.63) is 48.2 Å². The maximum Gasteiger partial charge on any atom is 0.430 e. The van der Waals surface area contributed by atoms with E-state index in [1.54, 1.807) is 6.08 Å². The van der Waals surface area contributed by atoms with Crippen LogP contribution in [0.15, 0.2) is 42.6 Å². The van der Waals surface area contributed by atoms with E-state index >= 15 is 0 Å². The molecule has 30 heavy (non-hydrogen) atoms. The average Bonchev–Trinajstić information content (AvgIpc) is 3.28. The number of hydrogen-bond donors (Lipinski definition) is 2. The quantitative estimate of drug-likeness (QED) is 0.707. The molecule has 1 aromatic rings. The minimum absolute atomic E-state index is 0.122. The van der Waals surface area contributed by atoms with Crippen LogP contribution in [0.5, 0.6) is 0 Å². The van der Waals surface area contributed by atoms with E-state index in [0.29, 0.717) is 25.3 Å². The van der Waals surface area contributed by atoms with Crippen molar-refractivity contribution >= 4 is 18.1 Å². The number of benzene rings is 1. The number of amides is 3. The van der Waals surface area contributed by atoms with Gasteiger partial charge in [0.1, 0.15) is 6.61 Å². The molecule has 3 amide bonds. The number of ether oxygens (including phenoxy) is 1. The molecule has 2 aliphatic rings. The number of rotatable bonds is 7. The summed E-state index contributed by atoms with van der Waals surface area (Å²) in [6.07, 6.45) is 6.98. The Kier molecular flexibility index (Phi) is 7.70. The van der Waals surface area contributed by atoms with Crippen molar-refractivity contribution in [2.75, 3.05) is 13.1 Å². The van der Waals surface area contributed by atoms with Crippen molar-refractivity contribution in [3.63, 3.8) is 0 Å². The van der Waals surface area contributed by atoms with E-state index in [2.05, 4.69) is 5.32 Å². The van der Waals surface area contributed by atoms with Crippen molar-refractivity contribution in [2.45, 2.75) is 45.1 Å². The molecule has 1 atom stereocenters. The third-order valence-corrected chi connectivity index (χ3v) is 5.61. The van der Waals surface area contributed by atoms with Gasteiger partial charge in [-0.3, -0.25) is 4.79 Å². The number of carbonyl (C=O) groups excluding carboxylic acids is 2. The second kappa shape index (κ2) is 10.7. The van der Waals surface area contributed by atoms with Gasteiger partial charge in [0, 0.05) is 19.3 Å². The predicted octanol–water partition coefficient (Wildman–Crippen LogP) is 3.75. The first-order chi connectivity index (χ1) is 14.5. The van der Waals surface area contributed by atoms with E-state index in [-0.39, 0.29) is 19.1 Å². The van der Waals surface area contributed by atoms with Gasteiger partial charge in [-0.05, 0) is 24.3 Å². The Morgan fingerprint density at radius 3 is 2.60 bits per heavy atom. The van der Waals surface area contributed by atoms with Crippen molar-refractivity contribution in [2.24, 2.45) is 11.8 Å². The Balaban J connectivity index is 1.60. The largest absolute Gasteiger partial charge is 0.463 e. The molecular weight excluding hydrogens is 386 g/mol. The Bertz CT molecular complexity index is 761. The van der Waals surface area contributed by atoms with Gasteiger partial charge in [0.25, 0.3) is 0 Å². The van der Waals surface area contributed by atoms with Gasteiger partial charge in [0.05, 0.1) is 5.92 Å². The van der Waals surface area contributed by atoms with E-state index in [4.69, 9.17) is 4.74 Å². The molecule has 3 rings (SSSR count). The number of hydrazine groups is 1. The summed E-state index contributed by atoms with van der Waals surface area (Å²) in [6, 6.07) is 9.36. The zero-order valence-electron chi connectivity index (χ0n) is 17.0. The lowest BCUT2D eigenvalue weighted by Gasteiger charge is -2.35. The Morgan fingerprint density at radius 2 is 1.90 bits per heavy atom. The normalized spacial score (nSPS) is 17.6. The number of carbonyl (C=O) groups is 3. The molecular formula is C22H29N3O5. The van der Waals surface area contributed by atoms with Crippen LogP contribution in [0.25, 0.3) is 0 Å². The Hall–Kier alpha value is -3.03. The third kappa shape index (κ3) is 5.98. The highest BCUT2D eigenvalue weighted by atomic mass is 16.5. The number of alkyl carbamates (subject to hydrolysis) is 1. The summed E-state index contributed by atoms with van der Waals surface area (Å²) < 4.78 is 5.24. The maximum absolute atomic E-state index is 13.2. The van der Waals surface area contributed by atoms with Crippen molar-refractivity contribution < 1.29 is 24.2 Å². The van der Waals surface area contributed by atoms with Gasteiger partial charge in [0.15, 0.2) is 0 Å². The molecule has 8 heteroatoms. The molecule has 0 radical (unpaired) electrons. The fourth-order valence-electron chi connectivity index (χ4n) is 4.05. The zero-order chi connectivity index (χ0) is 21.3. The van der Waals surface area contributed by atoms with Crippen molar-refractivity contribution in [1.29, 1.82) is 0 Å². The summed E-state index contributed by atoms with van der Waals surface area (Å²) in [7, 11) is 0. The van der Waals surface area contributed by atoms with Gasteiger partial charge in [-0.25, -0.2) is 14.6 Å². The molecule has 1 unspecified atom stereocenters. The second-order valence-electron chi connectivity index (χ2n) is 7.79. The first-order valence-corrected chi connectivity index (χ1v) is 10.5. The van der Waals surface area contributed by atoms with E-state index in [0.717, 1.165) is 36.3 Å². The molecule has 0 saturated heterocycles. The Labute approximate surface area is 176 Å². The summed E-state index contributed by atoms with van der Waals surface area (Å²) in [6.45, 7) is 0.579. The van der Waals surface area contributed by atoms with Gasteiger partial charge in [0.2, 0.25) is 5.91 Å². The van der Waals surface area contributed by atoms with Gasteiger partial charge in [-0.15, -0.1) is 0 Å². The maximum atomic E-state index is 13.2. The molecule has 8 nitrogen and oxygen atoms in total. The van der Waals surface area contributed by atoms with Crippen LogP contribution in [0.2, 0.25) is 0 Å². The third-order valence-electron chi connectivity index (χ3n) is 5.61. The van der Waals surface area contributed by atoms with Gasteiger partial charge in [-0.2, -0.15) is 5.01 Å². The average molecular weight is 415 g/mol. The fourth-order valence-corrected chi connectivity index (χ4v) is 4.05. The standard InChI is InChI=1S/C22H29N3O5/c26-20(24-12-6-7-13-25(24)22(28)29)19(14-17-8-4-5-9-17)15-23-21(27)30-16-18-10-2-1-3-11-18/h1-3,7,10-11,13,17,19H,4-6,8-9,12,14-16H2,(H,23,27)(H,28,29). The number of carboxylic acid groups (broad SMARTS) is 1. The monoisotopic (exact) mass is 415 g/mol. The molecule has 1 saturated carbocycles. The summed E-state index contributed by atoms with van der Waals surface area (Å²) in [5, 5.41) is 14.3. The van der Waals surface area contributed by atoms with Crippen LogP contribution in [-0.2, 0) is 16.1 Å². The molecule has 0 aromatic heterocycles. The molecule has 0 spiro atoms. The summed E-state index contributed by atoms with van der Waals surface area (Å²) in [4.78, 5) is 36.9. The first kappa shape index (κ1) is 21.7. The van der Waals surface area contributed by atoms with E-state index in [9.17, 15) is 19.5 Å². The lowest BCUT2D eigenvalue weighted by molar-refractivity contribution is -0.148. The molecule has 1 aliphatic heterocycles. The van der Waals surface area contributed by atoms with E-state index in [1.165, 1.54) is 11.2 Å².